The third-order valence-electron chi connectivity index (χ3n) is 2.13. The van der Waals surface area contributed by atoms with Crippen LogP contribution in [0.25, 0.3) is 0 Å². The van der Waals surface area contributed by atoms with Crippen LogP contribution in [0.2, 0.25) is 0 Å². The van der Waals surface area contributed by atoms with E-state index in [2.05, 4.69) is 31.0 Å². The van der Waals surface area contributed by atoms with Crippen LogP contribution in [-0.4, -0.2) is 10.2 Å². The van der Waals surface area contributed by atoms with Crippen LogP contribution in [0.3, 0.4) is 0 Å². The highest BCUT2D eigenvalue weighted by Gasteiger charge is 2.10. The maximum atomic E-state index is 5.50. The van der Waals surface area contributed by atoms with Crippen LogP contribution in [0.5, 0.6) is 0 Å². The summed E-state index contributed by atoms with van der Waals surface area (Å²) in [5.74, 6) is 0. The van der Waals surface area contributed by atoms with Crippen LogP contribution >= 0.6 is 0 Å². The molecule has 1 heterocycles. The average molecular weight is 193 g/mol. The Kier molecular flexibility index (Phi) is 3.58. The van der Waals surface area contributed by atoms with Crippen molar-refractivity contribution < 1.29 is 0 Å². The van der Waals surface area contributed by atoms with Crippen molar-refractivity contribution in [1.29, 1.82) is 0 Å². The van der Waals surface area contributed by atoms with Gasteiger partial charge in [-0.05, 0) is 29.9 Å². The molecule has 2 N–H and O–H groups in total. The van der Waals surface area contributed by atoms with Gasteiger partial charge >= 0.3 is 0 Å². The molecule has 0 radical (unpaired) electrons. The second-order valence-electron chi connectivity index (χ2n) is 4.82. The van der Waals surface area contributed by atoms with Crippen LogP contribution in [0.4, 0.5) is 0 Å². The minimum Gasteiger partial charge on any atom is -0.325 e. The molecular weight excluding hydrogens is 174 g/mol. The molecule has 0 saturated carbocycles. The van der Waals surface area contributed by atoms with Gasteiger partial charge in [-0.15, -0.1) is 0 Å². The molecule has 0 saturated heterocycles. The second-order valence-corrected chi connectivity index (χ2v) is 4.82. The Hall–Kier alpha value is -0.960. The third-order valence-corrected chi connectivity index (χ3v) is 2.13. The molecule has 0 aliphatic heterocycles. The van der Waals surface area contributed by atoms with Gasteiger partial charge in [0, 0.05) is 6.54 Å². The Morgan fingerprint density at radius 3 is 2.64 bits per heavy atom. The SMILES string of the molecule is CC(C)(C)CCc1cnnc(CN)c1. The Bertz CT molecular complexity index is 289. The van der Waals surface area contributed by atoms with Gasteiger partial charge in [-0.1, -0.05) is 20.8 Å². The number of aryl methyl sites for hydroxylation is 1. The first-order valence-corrected chi connectivity index (χ1v) is 5.02. The van der Waals surface area contributed by atoms with Crippen molar-refractivity contribution in [3.05, 3.63) is 23.5 Å². The van der Waals surface area contributed by atoms with E-state index in [1.807, 2.05) is 12.3 Å². The van der Waals surface area contributed by atoms with Crippen LogP contribution in [-0.2, 0) is 13.0 Å². The molecule has 14 heavy (non-hydrogen) atoms. The fraction of sp³-hybridized carbons (Fsp3) is 0.636. The van der Waals surface area contributed by atoms with E-state index in [1.54, 1.807) is 0 Å². The molecule has 0 unspecified atom stereocenters. The average Bonchev–Trinajstić information content (AvgIpc) is 2.14. The zero-order valence-corrected chi connectivity index (χ0v) is 9.25. The summed E-state index contributed by atoms with van der Waals surface area (Å²) in [4.78, 5) is 0. The number of nitrogens with two attached hydrogens (primary N) is 1. The lowest BCUT2D eigenvalue weighted by atomic mass is 9.89. The van der Waals surface area contributed by atoms with Crippen molar-refractivity contribution >= 4 is 0 Å². The maximum absolute atomic E-state index is 5.50. The summed E-state index contributed by atoms with van der Waals surface area (Å²) in [5.41, 5.74) is 7.97. The summed E-state index contributed by atoms with van der Waals surface area (Å²) < 4.78 is 0. The highest BCUT2D eigenvalue weighted by molar-refractivity contribution is 5.12. The topological polar surface area (TPSA) is 51.8 Å². The highest BCUT2D eigenvalue weighted by Crippen LogP contribution is 2.21. The first kappa shape index (κ1) is 11.1. The molecule has 0 amide bonds. The number of aromatic nitrogens is 2. The first-order valence-electron chi connectivity index (χ1n) is 5.02. The summed E-state index contributed by atoms with van der Waals surface area (Å²) in [6.45, 7) is 7.19. The van der Waals surface area contributed by atoms with Gasteiger partial charge in [0.2, 0.25) is 0 Å². The number of rotatable bonds is 3. The van der Waals surface area contributed by atoms with Gasteiger partial charge in [0.25, 0.3) is 0 Å². The molecule has 1 rings (SSSR count). The maximum Gasteiger partial charge on any atom is 0.0769 e. The van der Waals surface area contributed by atoms with Gasteiger partial charge in [-0.25, -0.2) is 0 Å². The molecule has 3 nitrogen and oxygen atoms in total. The van der Waals surface area contributed by atoms with Gasteiger partial charge in [0.05, 0.1) is 11.9 Å². The summed E-state index contributed by atoms with van der Waals surface area (Å²) in [6.07, 6.45) is 4.03. The van der Waals surface area contributed by atoms with Gasteiger partial charge < -0.3 is 5.73 Å². The zero-order valence-electron chi connectivity index (χ0n) is 9.25. The molecule has 1 aromatic heterocycles. The van der Waals surface area contributed by atoms with E-state index in [-0.39, 0.29) is 0 Å². The molecule has 0 bridgehead atoms. The van der Waals surface area contributed by atoms with E-state index in [9.17, 15) is 0 Å². The summed E-state index contributed by atoms with van der Waals surface area (Å²) in [7, 11) is 0. The summed E-state index contributed by atoms with van der Waals surface area (Å²) in [5, 5.41) is 7.85. The Balaban J connectivity index is 2.59. The molecule has 78 valence electrons. The standard InChI is InChI=1S/C11H19N3/c1-11(2,3)5-4-9-6-10(7-12)14-13-8-9/h6,8H,4-5,7,12H2,1-3H3. The van der Waals surface area contributed by atoms with Crippen LogP contribution < -0.4 is 5.73 Å². The Morgan fingerprint density at radius 2 is 2.07 bits per heavy atom. The molecule has 0 aromatic carbocycles. The summed E-state index contributed by atoms with van der Waals surface area (Å²) >= 11 is 0. The van der Waals surface area contributed by atoms with Crippen LogP contribution in [0, 0.1) is 5.41 Å². The first-order chi connectivity index (χ1) is 6.51. The van der Waals surface area contributed by atoms with Gasteiger partial charge in [0.15, 0.2) is 0 Å². The lowest BCUT2D eigenvalue weighted by molar-refractivity contribution is 0.378. The molecule has 0 atom stereocenters. The molecular formula is C11H19N3. The summed E-state index contributed by atoms with van der Waals surface area (Å²) in [6, 6.07) is 2.04. The molecule has 1 aromatic rings. The van der Waals surface area contributed by atoms with E-state index in [1.165, 1.54) is 5.56 Å². The van der Waals surface area contributed by atoms with Crippen molar-refractivity contribution in [3.8, 4) is 0 Å². The fourth-order valence-corrected chi connectivity index (χ4v) is 1.21. The van der Waals surface area contributed by atoms with Crippen LogP contribution in [0.1, 0.15) is 38.4 Å². The van der Waals surface area contributed by atoms with E-state index in [0.717, 1.165) is 18.5 Å². The molecule has 0 spiro atoms. The van der Waals surface area contributed by atoms with Gasteiger partial charge in [-0.3, -0.25) is 0 Å². The minimum atomic E-state index is 0.367. The number of nitrogens with zero attached hydrogens (tertiary/aromatic N) is 2. The number of hydrogen-bond donors (Lipinski definition) is 1. The van der Waals surface area contributed by atoms with E-state index >= 15 is 0 Å². The third kappa shape index (κ3) is 3.83. The Morgan fingerprint density at radius 1 is 1.36 bits per heavy atom. The van der Waals surface area contributed by atoms with E-state index in [0.29, 0.717) is 12.0 Å². The Labute approximate surface area is 85.7 Å². The molecule has 0 aliphatic rings. The molecule has 0 aliphatic carbocycles. The van der Waals surface area contributed by atoms with Gasteiger partial charge in [0.1, 0.15) is 0 Å². The quantitative estimate of drug-likeness (QED) is 0.797. The van der Waals surface area contributed by atoms with Crippen molar-refractivity contribution in [2.75, 3.05) is 0 Å². The molecule has 0 fully saturated rings. The number of hydrogen-bond acceptors (Lipinski definition) is 3. The van der Waals surface area contributed by atoms with E-state index < -0.39 is 0 Å². The normalized spacial score (nSPS) is 11.7. The minimum absolute atomic E-state index is 0.367. The van der Waals surface area contributed by atoms with Gasteiger partial charge in [-0.2, -0.15) is 10.2 Å². The zero-order chi connectivity index (χ0) is 10.6. The fourth-order valence-electron chi connectivity index (χ4n) is 1.21. The predicted molar refractivity (Wildman–Crippen MR) is 57.7 cm³/mol. The monoisotopic (exact) mass is 193 g/mol. The van der Waals surface area contributed by atoms with Crippen molar-refractivity contribution in [3.63, 3.8) is 0 Å². The van der Waals surface area contributed by atoms with Crippen molar-refractivity contribution in [2.24, 2.45) is 11.1 Å². The van der Waals surface area contributed by atoms with Crippen molar-refractivity contribution in [2.45, 2.75) is 40.2 Å². The predicted octanol–water partition coefficient (Wildman–Crippen LogP) is 1.91. The molecule has 3 heteroatoms. The van der Waals surface area contributed by atoms with Crippen LogP contribution in [0.15, 0.2) is 12.3 Å². The lowest BCUT2D eigenvalue weighted by Crippen LogP contribution is -2.08. The highest BCUT2D eigenvalue weighted by atomic mass is 15.1. The lowest BCUT2D eigenvalue weighted by Gasteiger charge is -2.17. The smallest absolute Gasteiger partial charge is 0.0769 e. The van der Waals surface area contributed by atoms with Crippen molar-refractivity contribution in [1.82, 2.24) is 10.2 Å². The largest absolute Gasteiger partial charge is 0.325 e. The second kappa shape index (κ2) is 4.51. The van der Waals surface area contributed by atoms with E-state index in [4.69, 9.17) is 5.73 Å².